The summed E-state index contributed by atoms with van der Waals surface area (Å²) in [5.74, 6) is 0.297. The molecule has 3 aromatic carbocycles. The Labute approximate surface area is 221 Å². The largest absolute Gasteiger partial charge is 0.374 e. The van der Waals surface area contributed by atoms with Gasteiger partial charge in [-0.3, -0.25) is 10.1 Å². The number of aromatic nitrogens is 1. The minimum atomic E-state index is -0.723. The molecule has 0 saturated carbocycles. The number of anilines is 1. The van der Waals surface area contributed by atoms with Gasteiger partial charge in [-0.25, -0.2) is 4.98 Å². The average Bonchev–Trinajstić information content (AvgIpc) is 3.41. The minimum Gasteiger partial charge on any atom is -0.374 e. The Kier molecular flexibility index (Phi) is 6.19. The third-order valence-corrected chi connectivity index (χ3v) is 8.95. The van der Waals surface area contributed by atoms with E-state index in [4.69, 9.17) is 4.98 Å². The van der Waals surface area contributed by atoms with Crippen LogP contribution < -0.4 is 10.6 Å². The van der Waals surface area contributed by atoms with Gasteiger partial charge in [0.25, 0.3) is 0 Å². The van der Waals surface area contributed by atoms with Crippen molar-refractivity contribution in [3.05, 3.63) is 106 Å². The number of nitrogens with zero attached hydrogens (tertiary/aromatic N) is 1. The summed E-state index contributed by atoms with van der Waals surface area (Å²) in [7, 11) is 0. The summed E-state index contributed by atoms with van der Waals surface area (Å²) >= 11 is 1.44. The van der Waals surface area contributed by atoms with Crippen molar-refractivity contribution in [1.29, 1.82) is 0 Å². The molecule has 4 aromatic rings. The number of hydrogen-bond donors (Lipinski definition) is 3. The van der Waals surface area contributed by atoms with Crippen LogP contribution >= 0.6 is 11.3 Å². The van der Waals surface area contributed by atoms with Gasteiger partial charge in [-0.15, -0.1) is 11.3 Å². The fourth-order valence-electron chi connectivity index (χ4n) is 6.41. The fourth-order valence-corrected chi connectivity index (χ4v) is 7.13. The molecule has 0 saturated heterocycles. The van der Waals surface area contributed by atoms with E-state index in [1.165, 1.54) is 33.6 Å². The molecule has 2 bridgehead atoms. The maximum atomic E-state index is 14.1. The van der Waals surface area contributed by atoms with Crippen molar-refractivity contribution in [2.24, 2.45) is 5.41 Å². The highest BCUT2D eigenvalue weighted by atomic mass is 32.1. The van der Waals surface area contributed by atoms with E-state index >= 15 is 0 Å². The van der Waals surface area contributed by atoms with Crippen LogP contribution in [0, 0.1) is 5.41 Å². The molecule has 1 amide bonds. The zero-order valence-corrected chi connectivity index (χ0v) is 21.9. The molecule has 1 aromatic heterocycles. The van der Waals surface area contributed by atoms with Gasteiger partial charge in [0.05, 0.1) is 11.1 Å². The lowest BCUT2D eigenvalue weighted by atomic mass is 9.51. The fraction of sp³-hybridized carbons (Fsp3) is 0.290. The number of carbonyl (C=O) groups is 1. The minimum absolute atomic E-state index is 0.0265. The first-order valence-corrected chi connectivity index (χ1v) is 13.9. The van der Waals surface area contributed by atoms with Crippen LogP contribution in [0.5, 0.6) is 0 Å². The number of benzene rings is 3. The predicted octanol–water partition coefficient (Wildman–Crippen LogP) is 6.43. The summed E-state index contributed by atoms with van der Waals surface area (Å²) in [4.78, 5) is 18.9. The van der Waals surface area contributed by atoms with Crippen LogP contribution in [-0.4, -0.2) is 22.5 Å². The van der Waals surface area contributed by atoms with E-state index in [0.717, 1.165) is 29.7 Å². The SMILES string of the molecule is CCNC(O)c1cccc(-c2csc(NC(=O)C3(CC)CC4c5ccccc5C3c3ccccc34)n2)c1. The van der Waals surface area contributed by atoms with Crippen LogP contribution in [0.3, 0.4) is 0 Å². The van der Waals surface area contributed by atoms with Gasteiger partial charge in [-0.05, 0) is 53.3 Å². The summed E-state index contributed by atoms with van der Waals surface area (Å²) in [6.07, 6.45) is 0.835. The van der Waals surface area contributed by atoms with E-state index in [-0.39, 0.29) is 17.7 Å². The van der Waals surface area contributed by atoms with Crippen molar-refractivity contribution in [2.75, 3.05) is 11.9 Å². The van der Waals surface area contributed by atoms with Crippen molar-refractivity contribution < 1.29 is 9.90 Å². The van der Waals surface area contributed by atoms with Gasteiger partial charge in [0, 0.05) is 22.8 Å². The molecule has 2 unspecified atom stereocenters. The summed E-state index contributed by atoms with van der Waals surface area (Å²) in [5.41, 5.74) is 7.25. The third-order valence-electron chi connectivity index (χ3n) is 8.19. The molecule has 0 fully saturated rings. The maximum absolute atomic E-state index is 14.1. The maximum Gasteiger partial charge on any atom is 0.233 e. The van der Waals surface area contributed by atoms with Crippen LogP contribution in [0.2, 0.25) is 0 Å². The first kappa shape index (κ1) is 24.0. The second-order valence-corrected chi connectivity index (χ2v) is 10.9. The van der Waals surface area contributed by atoms with E-state index in [1.54, 1.807) is 0 Å². The Morgan fingerprint density at radius 1 is 1.03 bits per heavy atom. The van der Waals surface area contributed by atoms with Crippen molar-refractivity contribution in [2.45, 2.75) is 44.8 Å². The summed E-state index contributed by atoms with van der Waals surface area (Å²) in [6, 6.07) is 25.0. The van der Waals surface area contributed by atoms with Gasteiger partial charge < -0.3 is 10.4 Å². The molecule has 3 aliphatic carbocycles. The lowest BCUT2D eigenvalue weighted by Gasteiger charge is -2.52. The smallest absolute Gasteiger partial charge is 0.233 e. The second kappa shape index (κ2) is 9.53. The molecule has 7 rings (SSSR count). The Bertz CT molecular complexity index is 1420. The number of rotatable bonds is 7. The molecular formula is C31H31N3O2S. The number of hydrogen-bond acceptors (Lipinski definition) is 5. The lowest BCUT2D eigenvalue weighted by Crippen LogP contribution is -2.48. The van der Waals surface area contributed by atoms with E-state index in [2.05, 4.69) is 66.1 Å². The van der Waals surface area contributed by atoms with Crippen molar-refractivity contribution >= 4 is 22.4 Å². The summed E-state index contributed by atoms with van der Waals surface area (Å²) in [5, 5.41) is 19.1. The number of carbonyl (C=O) groups excluding carboxylic acids is 1. The Morgan fingerprint density at radius 2 is 1.70 bits per heavy atom. The van der Waals surface area contributed by atoms with Crippen LogP contribution in [-0.2, 0) is 4.79 Å². The highest BCUT2D eigenvalue weighted by molar-refractivity contribution is 7.14. The molecule has 37 heavy (non-hydrogen) atoms. The van der Waals surface area contributed by atoms with Gasteiger partial charge in [0.2, 0.25) is 5.91 Å². The van der Waals surface area contributed by atoms with Crippen LogP contribution in [0.15, 0.2) is 78.2 Å². The lowest BCUT2D eigenvalue weighted by molar-refractivity contribution is -0.128. The second-order valence-electron chi connectivity index (χ2n) is 10.0. The average molecular weight is 510 g/mol. The van der Waals surface area contributed by atoms with Crippen LogP contribution in [0.1, 0.15) is 72.6 Å². The molecule has 188 valence electrons. The highest BCUT2D eigenvalue weighted by Crippen LogP contribution is 2.62. The first-order valence-electron chi connectivity index (χ1n) is 13.0. The van der Waals surface area contributed by atoms with E-state index in [1.807, 2.05) is 36.6 Å². The van der Waals surface area contributed by atoms with E-state index in [0.29, 0.717) is 11.7 Å². The summed E-state index contributed by atoms with van der Waals surface area (Å²) < 4.78 is 0. The van der Waals surface area contributed by atoms with Gasteiger partial charge in [-0.2, -0.15) is 0 Å². The monoisotopic (exact) mass is 509 g/mol. The number of aliphatic hydroxyl groups is 1. The van der Waals surface area contributed by atoms with E-state index in [9.17, 15) is 9.90 Å². The first-order chi connectivity index (χ1) is 18.1. The number of fused-ring (bicyclic) bond motifs is 1. The molecule has 3 aliphatic rings. The van der Waals surface area contributed by atoms with E-state index < -0.39 is 11.6 Å². The molecule has 6 heteroatoms. The summed E-state index contributed by atoms with van der Waals surface area (Å²) in [6.45, 7) is 4.77. The Morgan fingerprint density at radius 3 is 2.35 bits per heavy atom. The highest BCUT2D eigenvalue weighted by Gasteiger charge is 2.55. The molecule has 0 radical (unpaired) electrons. The zero-order chi connectivity index (χ0) is 25.6. The Balaban J connectivity index is 1.31. The van der Waals surface area contributed by atoms with Crippen molar-refractivity contribution in [1.82, 2.24) is 10.3 Å². The van der Waals surface area contributed by atoms with Gasteiger partial charge >= 0.3 is 0 Å². The molecule has 2 atom stereocenters. The molecule has 5 nitrogen and oxygen atoms in total. The molecule has 0 spiro atoms. The van der Waals surface area contributed by atoms with Crippen molar-refractivity contribution in [3.8, 4) is 11.3 Å². The molecule has 3 N–H and O–H groups in total. The predicted molar refractivity (Wildman–Crippen MR) is 149 cm³/mol. The molecule has 1 heterocycles. The number of aliphatic hydroxyl groups excluding tert-OH is 1. The standard InChI is InChI=1S/C31H31N3O2S/c1-3-31(17-25-21-12-5-7-14-23(21)27(31)24-15-8-6-13-22(24)25)29(36)34-30-33-26(18-37-30)19-10-9-11-20(16-19)28(35)32-4-2/h5-16,18,25,27-28,32,35H,3-4,17H2,1-2H3,(H,33,34,36). The van der Waals surface area contributed by atoms with Gasteiger partial charge in [0.15, 0.2) is 5.13 Å². The topological polar surface area (TPSA) is 74.2 Å². The van der Waals surface area contributed by atoms with Gasteiger partial charge in [-0.1, -0.05) is 80.6 Å². The quantitative estimate of drug-likeness (QED) is 0.251. The van der Waals surface area contributed by atoms with Crippen LogP contribution in [0.25, 0.3) is 11.3 Å². The third kappa shape index (κ3) is 3.91. The number of amides is 1. The van der Waals surface area contributed by atoms with Crippen molar-refractivity contribution in [3.63, 3.8) is 0 Å². The molecular weight excluding hydrogens is 478 g/mol. The Hall–Kier alpha value is -3.32. The van der Waals surface area contributed by atoms with Gasteiger partial charge in [0.1, 0.15) is 6.23 Å². The molecule has 0 aliphatic heterocycles. The number of thiazole rings is 1. The zero-order valence-electron chi connectivity index (χ0n) is 21.1. The van der Waals surface area contributed by atoms with Crippen LogP contribution in [0.4, 0.5) is 5.13 Å². The normalized spacial score (nSPS) is 22.2. The number of nitrogens with one attached hydrogen (secondary N) is 2.